The fourth-order valence-electron chi connectivity index (χ4n) is 12.1. The normalized spacial score (nSPS) is 14.6. The largest absolute Gasteiger partial charge is 0.289 e. The maximum Gasteiger partial charge on any atom is 0.193 e. The maximum absolute atomic E-state index is 13.6. The van der Waals surface area contributed by atoms with Gasteiger partial charge in [-0.25, -0.2) is 0 Å². The Kier molecular flexibility index (Phi) is 25.0. The molecule has 6 aromatic rings. The highest BCUT2D eigenvalue weighted by Crippen LogP contribution is 2.38. The van der Waals surface area contributed by atoms with Gasteiger partial charge in [-0.15, -0.1) is 0 Å². The molecule has 3 nitrogen and oxygen atoms in total. The SMILES string of the molecule is CC(C)CCCCCc1ccc(C(C)(C)C)c(C(=O)c2ccccc2C(C)C)c1.CC(C)CCCc1ccc(C(C)(C)C)c(C(=O)c2ccccc2C(C)C)c1.CC1CC(Cc2ccc(C(C)(C)C)c(C(=O)c3ccccc3C(C)C)c2)C1. The second-order valence-electron chi connectivity index (χ2n) is 29.5. The molecule has 0 saturated heterocycles. The topological polar surface area (TPSA) is 51.2 Å². The van der Waals surface area contributed by atoms with E-state index in [9.17, 15) is 14.4 Å². The standard InChI is InChI=1S/C28H40O.C26H34O.C26H36O/c1-20(2)13-9-8-10-14-22-17-18-26(28(5,6)7)25(19-22)27(29)24-16-12-11-15-23(24)21(3)4;1-17(2)21-9-7-8-10-22(21)25(27)23-16-19(15-20-13-18(3)14-20)11-12-24(23)26(4,5)6;1-18(2)11-10-12-20-15-16-24(26(5,6)7)23(17-20)25(27)22-14-9-8-13-21(22)19(3)4/h11-12,15-21H,8-10,13-14H2,1-7H3;7-12,16-18,20H,13-15H2,1-6H3;8-9,13-19H,10-12H2,1-7H3. The van der Waals surface area contributed by atoms with E-state index in [0.717, 1.165) is 110 Å². The van der Waals surface area contributed by atoms with Crippen LogP contribution in [0.1, 0.15) is 305 Å². The molecule has 0 atom stereocenters. The number of benzene rings is 6. The Bertz CT molecular complexity index is 3050. The molecule has 3 heteroatoms. The molecule has 0 unspecified atom stereocenters. The zero-order valence-electron chi connectivity index (χ0n) is 55.7. The average molecular weight is 1120 g/mol. The van der Waals surface area contributed by atoms with E-state index in [4.69, 9.17) is 0 Å². The van der Waals surface area contributed by atoms with Crippen molar-refractivity contribution in [3.05, 3.63) is 211 Å². The van der Waals surface area contributed by atoms with Crippen LogP contribution >= 0.6 is 0 Å². The number of hydrogen-bond donors (Lipinski definition) is 0. The molecule has 0 aliphatic heterocycles. The van der Waals surface area contributed by atoms with Crippen LogP contribution in [0.25, 0.3) is 0 Å². The summed E-state index contributed by atoms with van der Waals surface area (Å²) in [5.41, 5.74) is 15.7. The van der Waals surface area contributed by atoms with E-state index in [-0.39, 0.29) is 33.6 Å². The summed E-state index contributed by atoms with van der Waals surface area (Å²) >= 11 is 0. The lowest BCUT2D eigenvalue weighted by Gasteiger charge is -2.33. The van der Waals surface area contributed by atoms with Crippen LogP contribution in [-0.4, -0.2) is 17.3 Å². The molecule has 7 rings (SSSR count). The van der Waals surface area contributed by atoms with Crippen molar-refractivity contribution in [2.45, 2.75) is 243 Å². The van der Waals surface area contributed by atoms with Gasteiger partial charge in [0.05, 0.1) is 0 Å². The predicted octanol–water partition coefficient (Wildman–Crippen LogP) is 22.3. The summed E-state index contributed by atoms with van der Waals surface area (Å²) in [6.07, 6.45) is 13.3. The smallest absolute Gasteiger partial charge is 0.193 e. The number of carbonyl (C=O) groups excluding carboxylic acids is 3. The van der Waals surface area contributed by atoms with E-state index in [0.29, 0.717) is 17.8 Å². The minimum Gasteiger partial charge on any atom is -0.289 e. The first-order chi connectivity index (χ1) is 38.9. The van der Waals surface area contributed by atoms with E-state index < -0.39 is 0 Å². The maximum atomic E-state index is 13.6. The van der Waals surface area contributed by atoms with Gasteiger partial charge in [-0.2, -0.15) is 0 Å². The fourth-order valence-corrected chi connectivity index (χ4v) is 12.1. The molecular weight excluding hydrogens is 1010 g/mol. The van der Waals surface area contributed by atoms with Crippen molar-refractivity contribution >= 4 is 17.3 Å². The average Bonchev–Trinajstić information content (AvgIpc) is 3.43. The van der Waals surface area contributed by atoms with E-state index >= 15 is 0 Å². The van der Waals surface area contributed by atoms with Gasteiger partial charge in [-0.3, -0.25) is 14.4 Å². The molecular formula is C80H110O3. The van der Waals surface area contributed by atoms with Gasteiger partial charge in [0.15, 0.2) is 17.3 Å². The summed E-state index contributed by atoms with van der Waals surface area (Å²) in [5.74, 6) is 4.65. The highest BCUT2D eigenvalue weighted by molar-refractivity contribution is 6.12. The van der Waals surface area contributed by atoms with Gasteiger partial charge in [-0.1, -0.05) is 273 Å². The van der Waals surface area contributed by atoms with Crippen molar-refractivity contribution in [3.63, 3.8) is 0 Å². The summed E-state index contributed by atoms with van der Waals surface area (Å²) in [7, 11) is 0. The third-order valence-electron chi connectivity index (χ3n) is 16.9. The zero-order valence-corrected chi connectivity index (χ0v) is 55.7. The Morgan fingerprint density at radius 3 is 1.02 bits per heavy atom. The van der Waals surface area contributed by atoms with Gasteiger partial charge in [-0.05, 0) is 171 Å². The molecule has 0 aromatic heterocycles. The summed E-state index contributed by atoms with van der Waals surface area (Å²) in [6.45, 7) is 44.1. The lowest BCUT2D eigenvalue weighted by atomic mass is 9.72. The van der Waals surface area contributed by atoms with Crippen LogP contribution < -0.4 is 0 Å². The lowest BCUT2D eigenvalue weighted by Crippen LogP contribution is -2.23. The molecule has 0 spiro atoms. The van der Waals surface area contributed by atoms with E-state index in [1.165, 1.54) is 68.1 Å². The minimum atomic E-state index is -0.0619. The molecule has 0 bridgehead atoms. The highest BCUT2D eigenvalue weighted by atomic mass is 16.1. The van der Waals surface area contributed by atoms with E-state index in [2.05, 4.69) is 211 Å². The Morgan fingerprint density at radius 2 is 0.699 bits per heavy atom. The number of aryl methyl sites for hydroxylation is 2. The van der Waals surface area contributed by atoms with E-state index in [1.807, 2.05) is 54.6 Å². The Morgan fingerprint density at radius 1 is 0.386 bits per heavy atom. The van der Waals surface area contributed by atoms with Crippen molar-refractivity contribution in [1.82, 2.24) is 0 Å². The van der Waals surface area contributed by atoms with Crippen LogP contribution in [0.5, 0.6) is 0 Å². The van der Waals surface area contributed by atoms with Crippen LogP contribution in [-0.2, 0) is 35.5 Å². The Hall–Kier alpha value is -5.67. The molecule has 1 aliphatic rings. The summed E-state index contributed by atoms with van der Waals surface area (Å²) in [6, 6.07) is 44.0. The molecule has 1 saturated carbocycles. The molecule has 83 heavy (non-hydrogen) atoms. The number of ketones is 3. The molecule has 0 amide bonds. The van der Waals surface area contributed by atoms with Gasteiger partial charge in [0.1, 0.15) is 0 Å². The molecule has 448 valence electrons. The monoisotopic (exact) mass is 1120 g/mol. The van der Waals surface area contributed by atoms with Crippen LogP contribution in [0.15, 0.2) is 127 Å². The quantitative estimate of drug-likeness (QED) is 0.0533. The number of rotatable bonds is 21. The second-order valence-corrected chi connectivity index (χ2v) is 29.5. The number of hydrogen-bond acceptors (Lipinski definition) is 3. The van der Waals surface area contributed by atoms with Crippen molar-refractivity contribution in [2.75, 3.05) is 0 Å². The zero-order chi connectivity index (χ0) is 61.6. The fraction of sp³-hybridized carbons (Fsp3) is 0.512. The molecule has 1 fully saturated rings. The minimum absolute atomic E-state index is 0.0543. The van der Waals surface area contributed by atoms with Crippen molar-refractivity contribution in [1.29, 1.82) is 0 Å². The molecule has 1 aliphatic carbocycles. The Balaban J connectivity index is 0.000000228. The first-order valence-corrected chi connectivity index (χ1v) is 32.2. The number of unbranched alkanes of at least 4 members (excludes halogenated alkanes) is 2. The highest BCUT2D eigenvalue weighted by Gasteiger charge is 2.30. The molecule has 0 N–H and O–H groups in total. The van der Waals surface area contributed by atoms with Gasteiger partial charge >= 0.3 is 0 Å². The molecule has 0 radical (unpaired) electrons. The molecule has 6 aromatic carbocycles. The second kappa shape index (κ2) is 30.4. The summed E-state index contributed by atoms with van der Waals surface area (Å²) in [5, 5.41) is 0. The van der Waals surface area contributed by atoms with Crippen molar-refractivity contribution in [3.8, 4) is 0 Å². The van der Waals surface area contributed by atoms with E-state index in [1.54, 1.807) is 0 Å². The number of carbonyl (C=O) groups is 3. The van der Waals surface area contributed by atoms with Crippen molar-refractivity contribution < 1.29 is 14.4 Å². The third-order valence-corrected chi connectivity index (χ3v) is 16.9. The van der Waals surface area contributed by atoms with Gasteiger partial charge in [0, 0.05) is 33.4 Å². The van der Waals surface area contributed by atoms with Crippen LogP contribution in [0.3, 0.4) is 0 Å². The summed E-state index contributed by atoms with van der Waals surface area (Å²) in [4.78, 5) is 40.8. The van der Waals surface area contributed by atoms with Gasteiger partial charge < -0.3 is 0 Å². The van der Waals surface area contributed by atoms with Crippen molar-refractivity contribution in [2.24, 2.45) is 23.7 Å². The first kappa shape index (κ1) is 68.1. The van der Waals surface area contributed by atoms with Crippen LogP contribution in [0.4, 0.5) is 0 Å². The third kappa shape index (κ3) is 19.7. The summed E-state index contributed by atoms with van der Waals surface area (Å²) < 4.78 is 0. The first-order valence-electron chi connectivity index (χ1n) is 32.2. The van der Waals surface area contributed by atoms with Crippen LogP contribution in [0.2, 0.25) is 0 Å². The van der Waals surface area contributed by atoms with Crippen LogP contribution in [0, 0.1) is 23.7 Å². The van der Waals surface area contributed by atoms with Gasteiger partial charge in [0.25, 0.3) is 0 Å². The Labute approximate surface area is 506 Å². The lowest BCUT2D eigenvalue weighted by molar-refractivity contribution is 0.102. The molecule has 0 heterocycles. The predicted molar refractivity (Wildman–Crippen MR) is 358 cm³/mol. The van der Waals surface area contributed by atoms with Gasteiger partial charge in [0.2, 0.25) is 0 Å².